The number of nitrogens with one attached hydrogen (secondary N) is 2. The van der Waals surface area contributed by atoms with Gasteiger partial charge in [-0.25, -0.2) is 0 Å². The van der Waals surface area contributed by atoms with Gasteiger partial charge in [-0.15, -0.1) is 0 Å². The third kappa shape index (κ3) is 3.24. The van der Waals surface area contributed by atoms with Gasteiger partial charge in [0, 0.05) is 33.4 Å². The summed E-state index contributed by atoms with van der Waals surface area (Å²) in [7, 11) is 0. The second-order valence-electron chi connectivity index (χ2n) is 5.92. The molecular weight excluding hydrogens is 328 g/mol. The zero-order valence-corrected chi connectivity index (χ0v) is 14.0. The van der Waals surface area contributed by atoms with Gasteiger partial charge >= 0.3 is 0 Å². The summed E-state index contributed by atoms with van der Waals surface area (Å²) in [5.41, 5.74) is 2.81. The molecule has 126 valence electrons. The molecular formula is C18H19ClN2O3. The summed E-state index contributed by atoms with van der Waals surface area (Å²) in [6.45, 7) is 1.46. The number of halogens is 1. The lowest BCUT2D eigenvalue weighted by atomic mass is 9.98. The first-order valence-electron chi connectivity index (χ1n) is 7.77. The van der Waals surface area contributed by atoms with Gasteiger partial charge in [0.2, 0.25) is 5.91 Å². The molecule has 0 unspecified atom stereocenters. The van der Waals surface area contributed by atoms with Gasteiger partial charge in [-0.1, -0.05) is 23.7 Å². The summed E-state index contributed by atoms with van der Waals surface area (Å²) in [6.07, 6.45) is -0.943. The maximum Gasteiger partial charge on any atom is 0.227 e. The highest BCUT2D eigenvalue weighted by Gasteiger charge is 2.17. The summed E-state index contributed by atoms with van der Waals surface area (Å²) in [5, 5.41) is 23.5. The van der Waals surface area contributed by atoms with Crippen molar-refractivity contribution in [3.63, 3.8) is 0 Å². The zero-order chi connectivity index (χ0) is 17.3. The monoisotopic (exact) mass is 346 g/mol. The van der Waals surface area contributed by atoms with E-state index < -0.39 is 6.10 Å². The molecule has 0 radical (unpaired) electrons. The van der Waals surface area contributed by atoms with Crippen LogP contribution in [0, 0.1) is 0 Å². The van der Waals surface area contributed by atoms with Crippen molar-refractivity contribution in [2.75, 3.05) is 13.2 Å². The molecule has 0 saturated carbocycles. The predicted molar refractivity (Wildman–Crippen MR) is 95.3 cm³/mol. The number of rotatable bonds is 5. The zero-order valence-electron chi connectivity index (χ0n) is 13.2. The van der Waals surface area contributed by atoms with Crippen molar-refractivity contribution in [1.82, 2.24) is 10.3 Å². The van der Waals surface area contributed by atoms with Crippen LogP contribution < -0.4 is 5.32 Å². The molecule has 0 spiro atoms. The van der Waals surface area contributed by atoms with Gasteiger partial charge < -0.3 is 20.5 Å². The van der Waals surface area contributed by atoms with Gasteiger partial charge in [0.1, 0.15) is 0 Å². The number of hydrogen-bond acceptors (Lipinski definition) is 3. The average Bonchev–Trinajstić information content (AvgIpc) is 2.95. The lowest BCUT2D eigenvalue weighted by Gasteiger charge is -2.14. The van der Waals surface area contributed by atoms with E-state index in [4.69, 9.17) is 16.7 Å². The quantitative estimate of drug-likeness (QED) is 0.572. The number of hydrogen-bond donors (Lipinski definition) is 4. The van der Waals surface area contributed by atoms with Gasteiger partial charge in [0.15, 0.2) is 0 Å². The largest absolute Gasteiger partial charge is 0.394 e. The van der Waals surface area contributed by atoms with Crippen LogP contribution in [-0.2, 0) is 4.79 Å². The second kappa shape index (κ2) is 6.81. The van der Waals surface area contributed by atoms with Crippen LogP contribution in [0.4, 0.5) is 0 Å². The topological polar surface area (TPSA) is 85.3 Å². The highest BCUT2D eigenvalue weighted by Crippen LogP contribution is 2.30. The highest BCUT2D eigenvalue weighted by atomic mass is 35.5. The number of aromatic nitrogens is 1. The Balaban J connectivity index is 1.87. The van der Waals surface area contributed by atoms with Crippen molar-refractivity contribution < 1.29 is 15.0 Å². The molecule has 2 aromatic carbocycles. The first-order valence-corrected chi connectivity index (χ1v) is 8.15. The van der Waals surface area contributed by atoms with E-state index in [1.807, 2.05) is 36.4 Å². The summed E-state index contributed by atoms with van der Waals surface area (Å²) >= 11 is 6.07. The van der Waals surface area contributed by atoms with Crippen LogP contribution in [0.2, 0.25) is 5.02 Å². The first kappa shape index (κ1) is 16.8. The van der Waals surface area contributed by atoms with Gasteiger partial charge in [-0.2, -0.15) is 0 Å². The Kier molecular flexibility index (Phi) is 4.76. The molecule has 1 aromatic heterocycles. The van der Waals surface area contributed by atoms with Crippen molar-refractivity contribution in [2.24, 2.45) is 0 Å². The molecule has 1 heterocycles. The van der Waals surface area contributed by atoms with E-state index in [0.29, 0.717) is 5.02 Å². The predicted octanol–water partition coefficient (Wildman–Crippen LogP) is 2.55. The van der Waals surface area contributed by atoms with Crippen LogP contribution in [-0.4, -0.2) is 40.4 Å². The number of H-pyrrole nitrogens is 1. The molecule has 1 amide bonds. The van der Waals surface area contributed by atoms with Crippen molar-refractivity contribution in [1.29, 1.82) is 0 Å². The molecule has 0 bridgehead atoms. The van der Waals surface area contributed by atoms with E-state index in [-0.39, 0.29) is 25.0 Å². The van der Waals surface area contributed by atoms with E-state index in [0.717, 1.165) is 27.4 Å². The molecule has 0 aliphatic carbocycles. The van der Waals surface area contributed by atoms with Crippen LogP contribution in [0.25, 0.3) is 21.8 Å². The molecule has 6 heteroatoms. The fourth-order valence-electron chi connectivity index (χ4n) is 2.75. The van der Waals surface area contributed by atoms with Crippen LogP contribution >= 0.6 is 11.6 Å². The maximum atomic E-state index is 12.2. The Labute approximate surface area is 144 Å². The van der Waals surface area contributed by atoms with Crippen molar-refractivity contribution >= 4 is 39.3 Å². The Morgan fingerprint density at radius 3 is 2.75 bits per heavy atom. The number of carbonyl (C=O) groups is 1. The molecule has 0 aliphatic rings. The number of benzene rings is 2. The Bertz CT molecular complexity index is 890. The number of aliphatic hydroxyl groups is 2. The smallest absolute Gasteiger partial charge is 0.227 e. The molecule has 0 aliphatic heterocycles. The summed E-state index contributed by atoms with van der Waals surface area (Å²) < 4.78 is 0. The number of carbonyl (C=O) groups excluding carboxylic acids is 1. The summed E-state index contributed by atoms with van der Waals surface area (Å²) in [5.74, 6) is -0.559. The number of fused-ring (bicyclic) bond motifs is 3. The van der Waals surface area contributed by atoms with E-state index >= 15 is 0 Å². The standard InChI is InChI=1S/C18H19ClN2O3/c1-10(18(24)20-8-13(23)9-22)11-2-4-14-15-7-12(19)3-5-16(15)21-17(14)6-11/h2-7,10,13,21-23H,8-9H2,1H3,(H,20,24)/t10-,13+/m1/s1. The van der Waals surface area contributed by atoms with Gasteiger partial charge in [0.05, 0.1) is 18.6 Å². The van der Waals surface area contributed by atoms with Crippen LogP contribution in [0.5, 0.6) is 0 Å². The van der Waals surface area contributed by atoms with E-state index in [1.54, 1.807) is 6.92 Å². The molecule has 24 heavy (non-hydrogen) atoms. The first-order chi connectivity index (χ1) is 11.5. The third-order valence-corrected chi connectivity index (χ3v) is 4.44. The lowest BCUT2D eigenvalue weighted by Crippen LogP contribution is -2.36. The minimum absolute atomic E-state index is 0.0345. The minimum atomic E-state index is -0.943. The number of amides is 1. The second-order valence-corrected chi connectivity index (χ2v) is 6.36. The third-order valence-electron chi connectivity index (χ3n) is 4.20. The minimum Gasteiger partial charge on any atom is -0.394 e. The van der Waals surface area contributed by atoms with Crippen molar-refractivity contribution in [3.8, 4) is 0 Å². The number of aliphatic hydroxyl groups excluding tert-OH is 2. The molecule has 2 atom stereocenters. The fraction of sp³-hybridized carbons (Fsp3) is 0.278. The molecule has 3 aromatic rings. The number of aromatic amines is 1. The van der Waals surface area contributed by atoms with Gasteiger partial charge in [0.25, 0.3) is 0 Å². The van der Waals surface area contributed by atoms with E-state index in [9.17, 15) is 9.90 Å². The summed E-state index contributed by atoms with van der Waals surface area (Å²) in [4.78, 5) is 15.5. The maximum absolute atomic E-state index is 12.2. The van der Waals surface area contributed by atoms with Crippen LogP contribution in [0.3, 0.4) is 0 Å². The average molecular weight is 347 g/mol. The van der Waals surface area contributed by atoms with Crippen molar-refractivity contribution in [3.05, 3.63) is 47.0 Å². The Morgan fingerprint density at radius 1 is 1.21 bits per heavy atom. The van der Waals surface area contributed by atoms with Crippen molar-refractivity contribution in [2.45, 2.75) is 18.9 Å². The van der Waals surface area contributed by atoms with Crippen LogP contribution in [0.1, 0.15) is 18.4 Å². The molecule has 0 saturated heterocycles. The lowest BCUT2D eigenvalue weighted by molar-refractivity contribution is -0.122. The van der Waals surface area contributed by atoms with E-state index in [2.05, 4.69) is 10.3 Å². The molecule has 3 rings (SSSR count). The molecule has 4 N–H and O–H groups in total. The van der Waals surface area contributed by atoms with Gasteiger partial charge in [-0.05, 0) is 36.8 Å². The van der Waals surface area contributed by atoms with Gasteiger partial charge in [-0.3, -0.25) is 4.79 Å². The molecule has 0 fully saturated rings. The fourth-order valence-corrected chi connectivity index (χ4v) is 2.92. The SMILES string of the molecule is C[C@@H](C(=O)NC[C@H](O)CO)c1ccc2c(c1)[nH]c1ccc(Cl)cc12. The van der Waals surface area contributed by atoms with E-state index in [1.165, 1.54) is 0 Å². The Morgan fingerprint density at radius 2 is 2.00 bits per heavy atom. The Hall–Kier alpha value is -2.08. The molecule has 5 nitrogen and oxygen atoms in total. The summed E-state index contributed by atoms with van der Waals surface area (Å²) in [6, 6.07) is 11.5. The van der Waals surface area contributed by atoms with Crippen LogP contribution in [0.15, 0.2) is 36.4 Å². The highest BCUT2D eigenvalue weighted by molar-refractivity contribution is 6.31. The normalized spacial score (nSPS) is 14.0.